The van der Waals surface area contributed by atoms with Crippen molar-refractivity contribution in [2.45, 2.75) is 45.8 Å². The number of pyridine rings is 1. The molecule has 2 heterocycles. The van der Waals surface area contributed by atoms with E-state index >= 15 is 0 Å². The van der Waals surface area contributed by atoms with E-state index in [1.165, 1.54) is 0 Å². The molecule has 10 heteroatoms. The van der Waals surface area contributed by atoms with E-state index in [-0.39, 0.29) is 25.0 Å². The third kappa shape index (κ3) is 9.09. The molecule has 194 valence electrons. The number of hydrogen-bond donors (Lipinski definition) is 2. The van der Waals surface area contributed by atoms with Gasteiger partial charge in [0.1, 0.15) is 18.0 Å². The summed E-state index contributed by atoms with van der Waals surface area (Å²) in [6.07, 6.45) is 1.63. The lowest BCUT2D eigenvalue weighted by Gasteiger charge is -2.36. The monoisotopic (exact) mass is 497 g/mol. The van der Waals surface area contributed by atoms with Gasteiger partial charge in [-0.25, -0.2) is 14.6 Å². The molecule has 0 radical (unpaired) electrons. The van der Waals surface area contributed by atoms with Crippen molar-refractivity contribution in [3.05, 3.63) is 54.2 Å². The highest BCUT2D eigenvalue weighted by Gasteiger charge is 2.26. The van der Waals surface area contributed by atoms with Crippen LogP contribution >= 0.6 is 0 Å². The molecule has 0 spiro atoms. The molecule has 1 aromatic carbocycles. The molecule has 0 aliphatic carbocycles. The summed E-state index contributed by atoms with van der Waals surface area (Å²) in [6, 6.07) is 13.1. The van der Waals surface area contributed by atoms with Crippen molar-refractivity contribution < 1.29 is 23.9 Å². The zero-order valence-corrected chi connectivity index (χ0v) is 21.2. The molecule has 2 aromatic rings. The fraction of sp³-hybridized carbons (Fsp3) is 0.462. The number of carbonyl (C=O) groups is 3. The van der Waals surface area contributed by atoms with Gasteiger partial charge in [0, 0.05) is 39.1 Å². The molecule has 0 atom stereocenters. The van der Waals surface area contributed by atoms with Gasteiger partial charge in [0.05, 0.1) is 11.9 Å². The van der Waals surface area contributed by atoms with Crippen LogP contribution in [0.2, 0.25) is 0 Å². The topological polar surface area (TPSA) is 113 Å². The predicted octanol–water partition coefficient (Wildman–Crippen LogP) is 3.78. The van der Waals surface area contributed by atoms with E-state index in [0.29, 0.717) is 45.0 Å². The van der Waals surface area contributed by atoms with Gasteiger partial charge in [-0.1, -0.05) is 30.3 Å². The third-order valence-corrected chi connectivity index (χ3v) is 5.37. The smallest absolute Gasteiger partial charge is 0.410 e. The predicted molar refractivity (Wildman–Crippen MR) is 137 cm³/mol. The Bertz CT molecular complexity index is 1000. The van der Waals surface area contributed by atoms with E-state index in [4.69, 9.17) is 9.47 Å². The first kappa shape index (κ1) is 26.8. The Morgan fingerprint density at radius 1 is 1.00 bits per heavy atom. The van der Waals surface area contributed by atoms with Crippen LogP contribution in [0.3, 0.4) is 0 Å². The highest BCUT2D eigenvalue weighted by molar-refractivity contribution is 5.89. The number of benzene rings is 1. The van der Waals surface area contributed by atoms with Gasteiger partial charge in [0.2, 0.25) is 5.91 Å². The first-order valence-electron chi connectivity index (χ1n) is 12.1. The number of anilines is 2. The molecule has 3 amide bonds. The number of nitrogens with one attached hydrogen (secondary N) is 2. The van der Waals surface area contributed by atoms with Crippen molar-refractivity contribution >= 4 is 29.6 Å². The van der Waals surface area contributed by atoms with Crippen LogP contribution in [0.25, 0.3) is 0 Å². The van der Waals surface area contributed by atoms with Gasteiger partial charge < -0.3 is 29.9 Å². The zero-order chi connectivity index (χ0) is 26.0. The van der Waals surface area contributed by atoms with Gasteiger partial charge in [0.15, 0.2) is 0 Å². The Balaban J connectivity index is 1.32. The average Bonchev–Trinajstić information content (AvgIpc) is 2.85. The minimum Gasteiger partial charge on any atom is -0.445 e. The summed E-state index contributed by atoms with van der Waals surface area (Å²) in [6.45, 7) is 8.59. The van der Waals surface area contributed by atoms with Crippen LogP contribution in [0.5, 0.6) is 0 Å². The summed E-state index contributed by atoms with van der Waals surface area (Å²) in [5.41, 5.74) is 1.33. The Hall–Kier alpha value is -3.82. The molecule has 1 saturated heterocycles. The second-order valence-electron chi connectivity index (χ2n) is 9.50. The van der Waals surface area contributed by atoms with Crippen LogP contribution in [0.1, 0.15) is 39.2 Å². The van der Waals surface area contributed by atoms with E-state index in [2.05, 4.69) is 20.5 Å². The second-order valence-corrected chi connectivity index (χ2v) is 9.50. The standard InChI is InChI=1S/C26H35N5O5/c1-26(2,3)36-25(34)31-16-14-30(15-17-31)21-11-12-22(28-18-21)29-23(32)10-7-13-27-24(33)35-19-20-8-5-4-6-9-20/h4-6,8-9,11-12,18H,7,10,13-17,19H2,1-3H3,(H,27,33)(H,28,29,32). The Morgan fingerprint density at radius 3 is 2.36 bits per heavy atom. The molecule has 36 heavy (non-hydrogen) atoms. The van der Waals surface area contributed by atoms with Crippen molar-refractivity contribution in [3.8, 4) is 0 Å². The van der Waals surface area contributed by atoms with Crippen molar-refractivity contribution in [1.29, 1.82) is 0 Å². The minimum absolute atomic E-state index is 0.180. The molecule has 0 bridgehead atoms. The molecular formula is C26H35N5O5. The highest BCUT2D eigenvalue weighted by atomic mass is 16.6. The molecule has 1 aliphatic rings. The van der Waals surface area contributed by atoms with Crippen molar-refractivity contribution in [2.75, 3.05) is 42.9 Å². The van der Waals surface area contributed by atoms with Crippen LogP contribution < -0.4 is 15.5 Å². The van der Waals surface area contributed by atoms with Gasteiger partial charge in [0.25, 0.3) is 0 Å². The molecule has 1 fully saturated rings. The normalized spacial score (nSPS) is 13.6. The number of amides is 3. The number of aromatic nitrogens is 1. The number of ether oxygens (including phenoxy) is 2. The van der Waals surface area contributed by atoms with Crippen LogP contribution in [-0.4, -0.2) is 66.3 Å². The number of carbonyl (C=O) groups excluding carboxylic acids is 3. The van der Waals surface area contributed by atoms with Crippen LogP contribution in [0.15, 0.2) is 48.7 Å². The van der Waals surface area contributed by atoms with Gasteiger partial charge in [-0.15, -0.1) is 0 Å². The van der Waals surface area contributed by atoms with E-state index in [9.17, 15) is 14.4 Å². The van der Waals surface area contributed by atoms with Crippen molar-refractivity contribution in [2.24, 2.45) is 0 Å². The SMILES string of the molecule is CC(C)(C)OC(=O)N1CCN(c2ccc(NC(=O)CCCNC(=O)OCc3ccccc3)nc2)CC1. The summed E-state index contributed by atoms with van der Waals surface area (Å²) in [4.78, 5) is 44.4. The minimum atomic E-state index is -0.511. The van der Waals surface area contributed by atoms with Crippen molar-refractivity contribution in [1.82, 2.24) is 15.2 Å². The second kappa shape index (κ2) is 12.8. The fourth-order valence-corrected chi connectivity index (χ4v) is 3.54. The first-order chi connectivity index (χ1) is 17.2. The lowest BCUT2D eigenvalue weighted by atomic mass is 10.2. The molecular weight excluding hydrogens is 462 g/mol. The maximum absolute atomic E-state index is 12.2. The number of alkyl carbamates (subject to hydrolysis) is 1. The Morgan fingerprint density at radius 2 is 1.72 bits per heavy atom. The molecule has 0 saturated carbocycles. The van der Waals surface area contributed by atoms with Crippen LogP contribution in [0.4, 0.5) is 21.1 Å². The largest absolute Gasteiger partial charge is 0.445 e. The number of nitrogens with zero attached hydrogens (tertiary/aromatic N) is 3. The first-order valence-corrected chi connectivity index (χ1v) is 12.1. The van der Waals surface area contributed by atoms with E-state index in [0.717, 1.165) is 11.3 Å². The zero-order valence-electron chi connectivity index (χ0n) is 21.2. The lowest BCUT2D eigenvalue weighted by molar-refractivity contribution is -0.116. The molecule has 1 aliphatic heterocycles. The Kier molecular flexibility index (Phi) is 9.49. The van der Waals surface area contributed by atoms with E-state index in [1.54, 1.807) is 17.2 Å². The Labute approximate surface area is 212 Å². The quantitative estimate of drug-likeness (QED) is 0.534. The van der Waals surface area contributed by atoms with Gasteiger partial charge in [-0.3, -0.25) is 4.79 Å². The van der Waals surface area contributed by atoms with Gasteiger partial charge in [-0.05, 0) is 44.9 Å². The summed E-state index contributed by atoms with van der Waals surface area (Å²) >= 11 is 0. The van der Waals surface area contributed by atoms with E-state index in [1.807, 2.05) is 57.2 Å². The maximum Gasteiger partial charge on any atom is 0.410 e. The van der Waals surface area contributed by atoms with E-state index < -0.39 is 11.7 Å². The van der Waals surface area contributed by atoms with Gasteiger partial charge >= 0.3 is 12.2 Å². The van der Waals surface area contributed by atoms with Crippen LogP contribution in [-0.2, 0) is 20.9 Å². The van der Waals surface area contributed by atoms with Gasteiger partial charge in [-0.2, -0.15) is 0 Å². The third-order valence-electron chi connectivity index (χ3n) is 5.37. The lowest BCUT2D eigenvalue weighted by Crippen LogP contribution is -2.50. The van der Waals surface area contributed by atoms with Crippen LogP contribution in [0, 0.1) is 0 Å². The fourth-order valence-electron chi connectivity index (χ4n) is 3.54. The number of piperazine rings is 1. The molecule has 0 unspecified atom stereocenters. The summed E-state index contributed by atoms with van der Waals surface area (Å²) in [5, 5.41) is 5.41. The molecule has 3 rings (SSSR count). The summed E-state index contributed by atoms with van der Waals surface area (Å²) in [7, 11) is 0. The number of hydrogen-bond acceptors (Lipinski definition) is 7. The molecule has 10 nitrogen and oxygen atoms in total. The average molecular weight is 498 g/mol. The number of rotatable bonds is 8. The highest BCUT2D eigenvalue weighted by Crippen LogP contribution is 2.19. The maximum atomic E-state index is 12.2. The summed E-state index contributed by atoms with van der Waals surface area (Å²) < 4.78 is 10.6. The van der Waals surface area contributed by atoms with Crippen molar-refractivity contribution in [3.63, 3.8) is 0 Å². The summed E-state index contributed by atoms with van der Waals surface area (Å²) in [5.74, 6) is 0.284. The molecule has 1 aromatic heterocycles. The molecule has 2 N–H and O–H groups in total.